The number of aromatic nitrogens is 1. The molecule has 0 bridgehead atoms. The molecule has 1 heterocycles. The summed E-state index contributed by atoms with van der Waals surface area (Å²) in [6, 6.07) is 12.6. The lowest BCUT2D eigenvalue weighted by Crippen LogP contribution is -2.12. The van der Waals surface area contributed by atoms with Crippen molar-refractivity contribution in [3.05, 3.63) is 69.8 Å². The van der Waals surface area contributed by atoms with Gasteiger partial charge >= 0.3 is 0 Å². The second kappa shape index (κ2) is 6.57. The van der Waals surface area contributed by atoms with E-state index < -0.39 is 0 Å². The maximum Gasteiger partial charge on any atom is 0.156 e. The van der Waals surface area contributed by atoms with Gasteiger partial charge in [0.1, 0.15) is 0 Å². The van der Waals surface area contributed by atoms with Gasteiger partial charge in [-0.3, -0.25) is 9.59 Å². The van der Waals surface area contributed by atoms with Crippen LogP contribution in [0.5, 0.6) is 0 Å². The van der Waals surface area contributed by atoms with Gasteiger partial charge in [0.15, 0.2) is 12.1 Å². The van der Waals surface area contributed by atoms with Gasteiger partial charge in [0.2, 0.25) is 0 Å². The van der Waals surface area contributed by atoms with Crippen molar-refractivity contribution in [3.8, 4) is 0 Å². The monoisotopic (exact) mass is 345 g/mol. The summed E-state index contributed by atoms with van der Waals surface area (Å²) in [7, 11) is 0. The summed E-state index contributed by atoms with van der Waals surface area (Å²) < 4.78 is 1.80. The predicted octanol–water partition coefficient (Wildman–Crippen LogP) is 4.57. The normalized spacial score (nSPS) is 10.9. The van der Waals surface area contributed by atoms with Crippen LogP contribution in [0.3, 0.4) is 0 Å². The molecule has 0 aliphatic heterocycles. The summed E-state index contributed by atoms with van der Waals surface area (Å²) in [6.07, 6.45) is 2.73. The molecule has 1 aromatic heterocycles. The maximum atomic E-state index is 12.4. The fourth-order valence-corrected chi connectivity index (χ4v) is 3.10. The highest BCUT2D eigenvalue weighted by molar-refractivity contribution is 6.35. The molecule has 3 aromatic rings. The lowest BCUT2D eigenvalue weighted by Gasteiger charge is -2.07. The highest BCUT2D eigenvalue weighted by Crippen LogP contribution is 2.23. The number of aldehydes is 1. The number of ketones is 1. The number of carbonyl (C=O) groups excluding carboxylic acids is 2. The fraction of sp³-hybridized carbons (Fsp3) is 0.111. The number of halogens is 2. The van der Waals surface area contributed by atoms with Crippen molar-refractivity contribution in [3.63, 3.8) is 0 Å². The highest BCUT2D eigenvalue weighted by Gasteiger charge is 2.12. The van der Waals surface area contributed by atoms with Crippen molar-refractivity contribution in [2.75, 3.05) is 0 Å². The number of hydrogen-bond acceptors (Lipinski definition) is 2. The Hall–Kier alpha value is -2.10. The molecule has 0 saturated carbocycles. The molecule has 0 N–H and O–H groups in total. The summed E-state index contributed by atoms with van der Waals surface area (Å²) in [5.41, 5.74) is 2.19. The van der Waals surface area contributed by atoms with Crippen LogP contribution in [-0.4, -0.2) is 16.6 Å². The Morgan fingerprint density at radius 3 is 2.65 bits per heavy atom. The summed E-state index contributed by atoms with van der Waals surface area (Å²) in [4.78, 5) is 23.5. The molecule has 0 amide bonds. The van der Waals surface area contributed by atoms with E-state index in [0.717, 1.165) is 22.8 Å². The number of fused-ring (bicyclic) bond motifs is 1. The van der Waals surface area contributed by atoms with Crippen LogP contribution in [0.15, 0.2) is 48.7 Å². The molecule has 116 valence electrons. The first-order valence-corrected chi connectivity index (χ1v) is 7.83. The van der Waals surface area contributed by atoms with Gasteiger partial charge in [0.05, 0.1) is 6.54 Å². The maximum absolute atomic E-state index is 12.4. The summed E-state index contributed by atoms with van der Waals surface area (Å²) >= 11 is 12.0. The number of benzene rings is 2. The summed E-state index contributed by atoms with van der Waals surface area (Å²) in [6.45, 7) is 0.188. The van der Waals surface area contributed by atoms with Crippen molar-refractivity contribution < 1.29 is 9.59 Å². The molecular formula is C18H13Cl2NO2. The molecule has 0 aliphatic carbocycles. The van der Waals surface area contributed by atoms with E-state index in [9.17, 15) is 9.59 Å². The zero-order chi connectivity index (χ0) is 16.4. The number of carbonyl (C=O) groups is 2. The second-order valence-corrected chi connectivity index (χ2v) is 6.14. The van der Waals surface area contributed by atoms with E-state index >= 15 is 0 Å². The molecule has 0 spiro atoms. The Bertz CT molecular complexity index is 899. The van der Waals surface area contributed by atoms with E-state index in [0.29, 0.717) is 15.6 Å². The zero-order valence-electron chi connectivity index (χ0n) is 12.1. The largest absolute Gasteiger partial charge is 0.339 e. The van der Waals surface area contributed by atoms with Crippen molar-refractivity contribution in [1.29, 1.82) is 0 Å². The van der Waals surface area contributed by atoms with Crippen LogP contribution in [-0.2, 0) is 17.8 Å². The molecule has 0 atom stereocenters. The third-order valence-corrected chi connectivity index (χ3v) is 4.28. The molecule has 5 heteroatoms. The minimum Gasteiger partial charge on any atom is -0.339 e. The van der Waals surface area contributed by atoms with Gasteiger partial charge in [-0.05, 0) is 23.8 Å². The van der Waals surface area contributed by atoms with Crippen LogP contribution in [0.25, 0.3) is 10.9 Å². The van der Waals surface area contributed by atoms with E-state index in [2.05, 4.69) is 0 Å². The van der Waals surface area contributed by atoms with Gasteiger partial charge < -0.3 is 4.57 Å². The minimum atomic E-state index is 0.00687. The van der Waals surface area contributed by atoms with Gasteiger partial charge in [0.25, 0.3) is 0 Å². The van der Waals surface area contributed by atoms with Gasteiger partial charge in [-0.2, -0.15) is 0 Å². The Labute approximate surface area is 143 Å². The molecule has 0 aliphatic rings. The van der Waals surface area contributed by atoms with Gasteiger partial charge in [-0.25, -0.2) is 0 Å². The van der Waals surface area contributed by atoms with Gasteiger partial charge in [-0.15, -0.1) is 0 Å². The Kier molecular flexibility index (Phi) is 4.51. The lowest BCUT2D eigenvalue weighted by atomic mass is 10.1. The van der Waals surface area contributed by atoms with Crippen LogP contribution in [0.2, 0.25) is 10.0 Å². The molecule has 0 unspecified atom stereocenters. The fourth-order valence-electron chi connectivity index (χ4n) is 2.62. The Balaban J connectivity index is 1.84. The smallest absolute Gasteiger partial charge is 0.156 e. The van der Waals surface area contributed by atoms with Crippen LogP contribution < -0.4 is 0 Å². The number of Topliss-reactive ketones (excluding diaryl/α,β-unsaturated/α-hetero) is 1. The van der Waals surface area contributed by atoms with Crippen molar-refractivity contribution in [2.24, 2.45) is 0 Å². The van der Waals surface area contributed by atoms with Gasteiger partial charge in [-0.1, -0.05) is 47.5 Å². The SMILES string of the molecule is O=Cc1cn(CC(=O)Cc2ccc(Cl)cc2Cl)c2ccccc12. The molecule has 23 heavy (non-hydrogen) atoms. The lowest BCUT2D eigenvalue weighted by molar-refractivity contribution is -0.118. The van der Waals surface area contributed by atoms with Crippen LogP contribution in [0, 0.1) is 0 Å². The molecule has 0 fully saturated rings. The average molecular weight is 346 g/mol. The first-order valence-electron chi connectivity index (χ1n) is 7.07. The summed E-state index contributed by atoms with van der Waals surface area (Å²) in [5.74, 6) is 0.00687. The highest BCUT2D eigenvalue weighted by atomic mass is 35.5. The topological polar surface area (TPSA) is 39.1 Å². The number of hydrogen-bond donors (Lipinski definition) is 0. The van der Waals surface area contributed by atoms with Crippen LogP contribution in [0.1, 0.15) is 15.9 Å². The standard InChI is InChI=1S/C18H13Cl2NO2/c19-14-6-5-12(17(20)8-14)7-15(23)10-21-9-13(11-22)16-3-1-2-4-18(16)21/h1-6,8-9,11H,7,10H2. The van der Waals surface area contributed by atoms with E-state index in [1.54, 1.807) is 29.0 Å². The number of nitrogens with zero attached hydrogens (tertiary/aromatic N) is 1. The molecule has 2 aromatic carbocycles. The van der Waals surface area contributed by atoms with Crippen molar-refractivity contribution in [2.45, 2.75) is 13.0 Å². The number of rotatable bonds is 5. The quantitative estimate of drug-likeness (QED) is 0.635. The average Bonchev–Trinajstić information content (AvgIpc) is 2.88. The van der Waals surface area contributed by atoms with Crippen molar-refractivity contribution >= 4 is 46.2 Å². The molecule has 0 radical (unpaired) electrons. The first kappa shape index (κ1) is 15.8. The zero-order valence-corrected chi connectivity index (χ0v) is 13.6. The Morgan fingerprint density at radius 2 is 1.91 bits per heavy atom. The van der Waals surface area contributed by atoms with Gasteiger partial charge in [0, 0.05) is 39.1 Å². The van der Waals surface area contributed by atoms with Crippen molar-refractivity contribution in [1.82, 2.24) is 4.57 Å². The minimum absolute atomic E-state index is 0.00687. The van der Waals surface area contributed by atoms with E-state index in [-0.39, 0.29) is 18.7 Å². The second-order valence-electron chi connectivity index (χ2n) is 5.30. The first-order chi connectivity index (χ1) is 11.1. The van der Waals surface area contributed by atoms with Crippen LogP contribution >= 0.6 is 23.2 Å². The predicted molar refractivity (Wildman–Crippen MR) is 92.5 cm³/mol. The Morgan fingerprint density at radius 1 is 1.13 bits per heavy atom. The third kappa shape index (κ3) is 3.31. The molecular weight excluding hydrogens is 333 g/mol. The third-order valence-electron chi connectivity index (χ3n) is 3.70. The summed E-state index contributed by atoms with van der Waals surface area (Å²) in [5, 5.41) is 1.87. The molecule has 0 saturated heterocycles. The van der Waals surface area contributed by atoms with Crippen LogP contribution in [0.4, 0.5) is 0 Å². The molecule has 3 nitrogen and oxygen atoms in total. The van der Waals surface area contributed by atoms with E-state index in [1.807, 2.05) is 24.3 Å². The molecule has 3 rings (SSSR count). The van der Waals surface area contributed by atoms with E-state index in [4.69, 9.17) is 23.2 Å². The number of para-hydroxylation sites is 1. The van der Waals surface area contributed by atoms with E-state index in [1.165, 1.54) is 0 Å².